The largest absolute Gasteiger partial charge is 0.456 e. The number of H-pyrrole nitrogens is 1. The summed E-state index contributed by atoms with van der Waals surface area (Å²) in [6.07, 6.45) is 9.41. The van der Waals surface area contributed by atoms with E-state index in [1.165, 1.54) is 5.56 Å². The first kappa shape index (κ1) is 17.2. The van der Waals surface area contributed by atoms with E-state index in [-0.39, 0.29) is 0 Å². The number of hydrogen-bond acceptors (Lipinski definition) is 1. The van der Waals surface area contributed by atoms with Crippen molar-refractivity contribution < 1.29 is 4.74 Å². The molecule has 1 N–H and O–H groups in total. The summed E-state index contributed by atoms with van der Waals surface area (Å²) in [6.45, 7) is 1.96. The zero-order valence-corrected chi connectivity index (χ0v) is 16.1. The first-order chi connectivity index (χ1) is 14.3. The van der Waals surface area contributed by atoms with Crippen LogP contribution in [0.4, 0.5) is 0 Å². The molecule has 0 aliphatic carbocycles. The molecule has 1 aliphatic heterocycles. The lowest BCUT2D eigenvalue weighted by Crippen LogP contribution is -1.97. The van der Waals surface area contributed by atoms with Crippen molar-refractivity contribution in [3.05, 3.63) is 96.4 Å². The lowest BCUT2D eigenvalue weighted by Gasteiger charge is -2.10. The summed E-state index contributed by atoms with van der Waals surface area (Å²) < 4.78 is 6.25. The SMILES string of the molecule is C#C/C=C1\C(=C/C)Oc2ccccc2-c2c1[nH]c1c(-c3ccccc3)cccc21. The van der Waals surface area contributed by atoms with Crippen molar-refractivity contribution in [3.8, 4) is 40.3 Å². The van der Waals surface area contributed by atoms with Crippen LogP contribution in [0.15, 0.2) is 90.7 Å². The van der Waals surface area contributed by atoms with Crippen LogP contribution in [0.25, 0.3) is 38.7 Å². The highest BCUT2D eigenvalue weighted by molar-refractivity contribution is 6.09. The number of aromatic nitrogens is 1. The van der Waals surface area contributed by atoms with Gasteiger partial charge in [0.15, 0.2) is 0 Å². The average molecular weight is 373 g/mol. The number of fused-ring (bicyclic) bond motifs is 5. The fourth-order valence-corrected chi connectivity index (χ4v) is 4.06. The van der Waals surface area contributed by atoms with Gasteiger partial charge in [0.05, 0.1) is 11.2 Å². The van der Waals surface area contributed by atoms with Crippen LogP contribution in [-0.2, 0) is 0 Å². The Morgan fingerprint density at radius 2 is 1.66 bits per heavy atom. The van der Waals surface area contributed by atoms with Crippen molar-refractivity contribution >= 4 is 16.5 Å². The Morgan fingerprint density at radius 1 is 0.897 bits per heavy atom. The van der Waals surface area contributed by atoms with E-state index in [1.54, 1.807) is 6.08 Å². The molecule has 0 atom stereocenters. The molecule has 0 saturated heterocycles. The Bertz CT molecular complexity index is 1330. The van der Waals surface area contributed by atoms with E-state index < -0.39 is 0 Å². The maximum atomic E-state index is 6.25. The fraction of sp³-hybridized carbons (Fsp3) is 0.0370. The minimum Gasteiger partial charge on any atom is -0.456 e. The van der Waals surface area contributed by atoms with Gasteiger partial charge in [0.25, 0.3) is 0 Å². The monoisotopic (exact) mass is 373 g/mol. The van der Waals surface area contributed by atoms with Gasteiger partial charge in [-0.1, -0.05) is 72.7 Å². The Kier molecular flexibility index (Phi) is 4.08. The number of hydrogen-bond donors (Lipinski definition) is 1. The van der Waals surface area contributed by atoms with Crippen molar-refractivity contribution in [1.29, 1.82) is 0 Å². The minimum absolute atomic E-state index is 0.752. The van der Waals surface area contributed by atoms with E-state index in [9.17, 15) is 0 Å². The molecule has 2 heterocycles. The third-order valence-corrected chi connectivity index (χ3v) is 5.32. The van der Waals surface area contributed by atoms with E-state index in [4.69, 9.17) is 11.2 Å². The molecular formula is C27H19NO. The summed E-state index contributed by atoms with van der Waals surface area (Å²) in [4.78, 5) is 3.68. The molecule has 1 aromatic heterocycles. The summed E-state index contributed by atoms with van der Waals surface area (Å²) in [6, 6.07) is 25.0. The molecule has 4 aromatic rings. The van der Waals surface area contributed by atoms with E-state index in [0.29, 0.717) is 0 Å². The number of aromatic amines is 1. The van der Waals surface area contributed by atoms with Crippen LogP contribution in [0.3, 0.4) is 0 Å². The second-order valence-corrected chi connectivity index (χ2v) is 6.94. The summed E-state index contributed by atoms with van der Waals surface area (Å²) in [5.41, 5.74) is 7.48. The standard InChI is InChI=1S/C27H19NO/c1-3-11-21-23(4-2)29-24-17-9-8-14-20(24)25-22-16-10-15-19(26(22)28-27(21)25)18-12-6-5-7-13-18/h1,4-17,28H,2H3/b21-11+,23-4+. The highest BCUT2D eigenvalue weighted by Crippen LogP contribution is 2.47. The van der Waals surface area contributed by atoms with E-state index in [1.807, 2.05) is 37.3 Å². The normalized spacial score (nSPS) is 15.4. The maximum absolute atomic E-state index is 6.25. The van der Waals surface area contributed by atoms with Crippen molar-refractivity contribution in [2.45, 2.75) is 6.92 Å². The van der Waals surface area contributed by atoms with Crippen LogP contribution in [0.5, 0.6) is 5.75 Å². The average Bonchev–Trinajstić information content (AvgIpc) is 3.10. The van der Waals surface area contributed by atoms with Crippen LogP contribution in [-0.4, -0.2) is 4.98 Å². The molecule has 0 unspecified atom stereocenters. The zero-order valence-electron chi connectivity index (χ0n) is 16.1. The molecule has 5 rings (SSSR count). The number of nitrogens with one attached hydrogen (secondary N) is 1. The zero-order chi connectivity index (χ0) is 19.8. The van der Waals surface area contributed by atoms with Gasteiger partial charge in [-0.2, -0.15) is 0 Å². The molecule has 1 aliphatic rings. The highest BCUT2D eigenvalue weighted by atomic mass is 16.5. The number of terminal acetylenes is 1. The summed E-state index contributed by atoms with van der Waals surface area (Å²) in [7, 11) is 0. The topological polar surface area (TPSA) is 25.0 Å². The van der Waals surface area contributed by atoms with Gasteiger partial charge >= 0.3 is 0 Å². The Hall–Kier alpha value is -3.96. The van der Waals surface area contributed by atoms with Crippen molar-refractivity contribution in [1.82, 2.24) is 4.98 Å². The molecule has 0 saturated carbocycles. The molecule has 0 radical (unpaired) electrons. The second kappa shape index (κ2) is 6.89. The first-order valence-electron chi connectivity index (χ1n) is 9.62. The van der Waals surface area contributed by atoms with E-state index in [2.05, 4.69) is 59.4 Å². The van der Waals surface area contributed by atoms with Crippen LogP contribution >= 0.6 is 0 Å². The predicted octanol–water partition coefficient (Wildman–Crippen LogP) is 6.81. The van der Waals surface area contributed by atoms with Crippen molar-refractivity contribution in [2.24, 2.45) is 0 Å². The number of rotatable bonds is 1. The lowest BCUT2D eigenvalue weighted by molar-refractivity contribution is 0.451. The number of para-hydroxylation sites is 2. The Balaban J connectivity index is 1.92. The van der Waals surface area contributed by atoms with E-state index in [0.717, 1.165) is 50.4 Å². The van der Waals surface area contributed by atoms with Crippen molar-refractivity contribution in [2.75, 3.05) is 0 Å². The van der Waals surface area contributed by atoms with Crippen LogP contribution in [0.1, 0.15) is 12.6 Å². The van der Waals surface area contributed by atoms with Crippen molar-refractivity contribution in [3.63, 3.8) is 0 Å². The number of benzene rings is 3. The van der Waals surface area contributed by atoms with Gasteiger partial charge in [-0.25, -0.2) is 0 Å². The Morgan fingerprint density at radius 3 is 2.45 bits per heavy atom. The van der Waals surface area contributed by atoms with Gasteiger partial charge in [0.2, 0.25) is 0 Å². The first-order valence-corrected chi connectivity index (χ1v) is 9.62. The quantitative estimate of drug-likeness (QED) is 0.364. The maximum Gasteiger partial charge on any atom is 0.135 e. The fourth-order valence-electron chi connectivity index (χ4n) is 4.06. The second-order valence-electron chi connectivity index (χ2n) is 6.94. The van der Waals surface area contributed by atoms with E-state index >= 15 is 0 Å². The molecule has 3 aromatic carbocycles. The van der Waals surface area contributed by atoms with Crippen LogP contribution < -0.4 is 4.74 Å². The molecule has 0 bridgehead atoms. The molecule has 29 heavy (non-hydrogen) atoms. The summed E-state index contributed by atoms with van der Waals surface area (Å²) in [5.74, 6) is 4.26. The summed E-state index contributed by atoms with van der Waals surface area (Å²) >= 11 is 0. The minimum atomic E-state index is 0.752. The predicted molar refractivity (Wildman–Crippen MR) is 120 cm³/mol. The molecule has 0 fully saturated rings. The third-order valence-electron chi connectivity index (χ3n) is 5.32. The number of allylic oxidation sites excluding steroid dienone is 3. The number of ether oxygens (including phenoxy) is 1. The van der Waals surface area contributed by atoms with Gasteiger partial charge < -0.3 is 9.72 Å². The summed E-state index contributed by atoms with van der Waals surface area (Å²) in [5, 5.41) is 1.15. The van der Waals surface area contributed by atoms with Gasteiger partial charge in [-0.15, -0.1) is 6.42 Å². The Labute approximate surface area is 170 Å². The highest BCUT2D eigenvalue weighted by Gasteiger charge is 2.26. The van der Waals surface area contributed by atoms with Gasteiger partial charge in [-0.3, -0.25) is 0 Å². The van der Waals surface area contributed by atoms with Gasteiger partial charge in [-0.05, 0) is 24.6 Å². The lowest BCUT2D eigenvalue weighted by atomic mass is 9.96. The molecule has 2 heteroatoms. The molecule has 138 valence electrons. The smallest absolute Gasteiger partial charge is 0.135 e. The molecule has 2 nitrogen and oxygen atoms in total. The molecule has 0 spiro atoms. The van der Waals surface area contributed by atoms with Crippen LogP contribution in [0.2, 0.25) is 0 Å². The van der Waals surface area contributed by atoms with Crippen LogP contribution in [0, 0.1) is 12.3 Å². The molecule has 0 amide bonds. The molecular weight excluding hydrogens is 354 g/mol. The third kappa shape index (κ3) is 2.68. The van der Waals surface area contributed by atoms with Gasteiger partial charge in [0, 0.05) is 33.7 Å². The van der Waals surface area contributed by atoms with Gasteiger partial charge in [0.1, 0.15) is 11.5 Å².